The van der Waals surface area contributed by atoms with E-state index in [1.165, 1.54) is 5.56 Å². The van der Waals surface area contributed by atoms with Gasteiger partial charge in [0.15, 0.2) is 0 Å². The summed E-state index contributed by atoms with van der Waals surface area (Å²) < 4.78 is 0. The summed E-state index contributed by atoms with van der Waals surface area (Å²) in [7, 11) is 0. The molecule has 3 heteroatoms. The van der Waals surface area contributed by atoms with Gasteiger partial charge in [-0.05, 0) is 52.6 Å². The molecule has 3 aromatic carbocycles. The molecule has 0 aliphatic heterocycles. The van der Waals surface area contributed by atoms with Gasteiger partial charge >= 0.3 is 0 Å². The number of benzene rings is 3. The normalized spacial score (nSPS) is 10.5. The van der Waals surface area contributed by atoms with Crippen molar-refractivity contribution in [2.24, 2.45) is 0 Å². The van der Waals surface area contributed by atoms with Crippen LogP contribution in [0.15, 0.2) is 97.3 Å². The lowest BCUT2D eigenvalue weighted by Gasteiger charge is -2.11. The summed E-state index contributed by atoms with van der Waals surface area (Å²) in [5.74, 6) is 0.221. The van der Waals surface area contributed by atoms with Crippen molar-refractivity contribution in [3.8, 4) is 28.0 Å². The molecule has 2 N–H and O–H groups in total. The van der Waals surface area contributed by atoms with Crippen LogP contribution in [0.5, 0.6) is 5.75 Å². The fourth-order valence-electron chi connectivity index (χ4n) is 2.96. The predicted molar refractivity (Wildman–Crippen MR) is 106 cm³/mol. The van der Waals surface area contributed by atoms with Gasteiger partial charge in [0, 0.05) is 18.0 Å². The number of pyridine rings is 1. The maximum absolute atomic E-state index is 10.2. The summed E-state index contributed by atoms with van der Waals surface area (Å²) in [6, 6.07) is 27.9. The summed E-state index contributed by atoms with van der Waals surface area (Å²) in [6.45, 7) is 0. The van der Waals surface area contributed by atoms with Gasteiger partial charge < -0.3 is 10.4 Å². The fraction of sp³-hybridized carbons (Fsp3) is 0. The molecular weight excluding hydrogens is 320 g/mol. The lowest BCUT2D eigenvalue weighted by atomic mass is 9.98. The summed E-state index contributed by atoms with van der Waals surface area (Å²) in [5, 5.41) is 13.4. The first-order valence-corrected chi connectivity index (χ1v) is 8.45. The van der Waals surface area contributed by atoms with Gasteiger partial charge in [0.2, 0.25) is 0 Å². The maximum atomic E-state index is 10.2. The maximum Gasteiger partial charge on any atom is 0.118 e. The van der Waals surface area contributed by atoms with E-state index in [4.69, 9.17) is 0 Å². The lowest BCUT2D eigenvalue weighted by Crippen LogP contribution is -1.91. The zero-order valence-electron chi connectivity index (χ0n) is 14.1. The number of aromatic hydroxyl groups is 1. The summed E-state index contributed by atoms with van der Waals surface area (Å²) >= 11 is 0. The highest BCUT2D eigenvalue weighted by Crippen LogP contribution is 2.31. The summed E-state index contributed by atoms with van der Waals surface area (Å²) in [6.07, 6.45) is 3.48. The Labute approximate surface area is 152 Å². The second-order valence-corrected chi connectivity index (χ2v) is 6.08. The lowest BCUT2D eigenvalue weighted by molar-refractivity contribution is 0.476. The number of phenols is 1. The highest BCUT2D eigenvalue weighted by molar-refractivity contribution is 5.77. The van der Waals surface area contributed by atoms with Crippen LogP contribution in [0.2, 0.25) is 0 Å². The van der Waals surface area contributed by atoms with Crippen LogP contribution >= 0.6 is 0 Å². The molecule has 0 fully saturated rings. The molecule has 0 unspecified atom stereocenters. The number of nitrogens with one attached hydrogen (secondary N) is 1. The molecule has 0 spiro atoms. The molecular formula is C23H18N2O. The molecule has 0 radical (unpaired) electrons. The van der Waals surface area contributed by atoms with Crippen LogP contribution in [0.25, 0.3) is 22.3 Å². The topological polar surface area (TPSA) is 45.1 Å². The molecule has 26 heavy (non-hydrogen) atoms. The predicted octanol–water partition coefficient (Wildman–Crippen LogP) is 5.86. The van der Waals surface area contributed by atoms with Crippen molar-refractivity contribution in [3.63, 3.8) is 0 Å². The van der Waals surface area contributed by atoms with E-state index in [-0.39, 0.29) is 5.75 Å². The van der Waals surface area contributed by atoms with Crippen molar-refractivity contribution >= 4 is 11.4 Å². The Morgan fingerprint density at radius 1 is 0.615 bits per heavy atom. The molecule has 126 valence electrons. The van der Waals surface area contributed by atoms with E-state index in [0.717, 1.165) is 28.1 Å². The monoisotopic (exact) mass is 338 g/mol. The van der Waals surface area contributed by atoms with Gasteiger partial charge in [-0.2, -0.15) is 0 Å². The van der Waals surface area contributed by atoms with Crippen LogP contribution in [-0.2, 0) is 0 Å². The van der Waals surface area contributed by atoms with E-state index in [1.54, 1.807) is 24.5 Å². The zero-order valence-corrected chi connectivity index (χ0v) is 14.1. The Hall–Kier alpha value is -3.59. The molecule has 0 atom stereocenters. The van der Waals surface area contributed by atoms with E-state index >= 15 is 0 Å². The van der Waals surface area contributed by atoms with Crippen molar-refractivity contribution in [2.45, 2.75) is 0 Å². The Kier molecular flexibility index (Phi) is 4.35. The quantitative estimate of drug-likeness (QED) is 0.489. The van der Waals surface area contributed by atoms with Crippen molar-refractivity contribution in [1.82, 2.24) is 4.98 Å². The molecule has 4 aromatic rings. The first-order valence-electron chi connectivity index (χ1n) is 8.45. The van der Waals surface area contributed by atoms with Crippen LogP contribution in [0, 0.1) is 0 Å². The fourth-order valence-corrected chi connectivity index (χ4v) is 2.96. The number of hydrogen-bond acceptors (Lipinski definition) is 3. The van der Waals surface area contributed by atoms with E-state index in [1.807, 2.05) is 42.5 Å². The van der Waals surface area contributed by atoms with Crippen molar-refractivity contribution in [1.29, 1.82) is 0 Å². The van der Waals surface area contributed by atoms with Crippen LogP contribution in [0.4, 0.5) is 11.4 Å². The molecule has 0 bridgehead atoms. The zero-order chi connectivity index (χ0) is 17.8. The van der Waals surface area contributed by atoms with Crippen LogP contribution in [-0.4, -0.2) is 10.1 Å². The van der Waals surface area contributed by atoms with E-state index in [9.17, 15) is 5.11 Å². The highest BCUT2D eigenvalue weighted by atomic mass is 16.3. The Balaban J connectivity index is 1.70. The van der Waals surface area contributed by atoms with Crippen LogP contribution < -0.4 is 5.32 Å². The Bertz CT molecular complexity index is 1010. The summed E-state index contributed by atoms with van der Waals surface area (Å²) in [5.41, 5.74) is 6.02. The van der Waals surface area contributed by atoms with E-state index < -0.39 is 0 Å². The Morgan fingerprint density at radius 2 is 1.38 bits per heavy atom. The van der Waals surface area contributed by atoms with Crippen molar-refractivity contribution in [3.05, 3.63) is 97.3 Å². The van der Waals surface area contributed by atoms with E-state index in [0.29, 0.717) is 0 Å². The third-order valence-electron chi connectivity index (χ3n) is 4.17. The number of anilines is 2. The molecule has 1 aromatic heterocycles. The highest BCUT2D eigenvalue weighted by Gasteiger charge is 2.05. The third-order valence-corrected chi connectivity index (χ3v) is 4.17. The minimum atomic E-state index is 0.221. The minimum absolute atomic E-state index is 0.221. The second kappa shape index (κ2) is 7.11. The first kappa shape index (κ1) is 15.9. The number of aromatic nitrogens is 1. The van der Waals surface area contributed by atoms with Gasteiger partial charge in [-0.25, -0.2) is 0 Å². The number of rotatable bonds is 4. The van der Waals surface area contributed by atoms with Crippen LogP contribution in [0.1, 0.15) is 0 Å². The molecule has 4 rings (SSSR count). The first-order chi connectivity index (χ1) is 12.8. The van der Waals surface area contributed by atoms with Crippen molar-refractivity contribution in [2.75, 3.05) is 5.32 Å². The van der Waals surface area contributed by atoms with Gasteiger partial charge in [-0.3, -0.25) is 4.98 Å². The minimum Gasteiger partial charge on any atom is -0.508 e. The van der Waals surface area contributed by atoms with Gasteiger partial charge in [0.1, 0.15) is 5.75 Å². The molecule has 0 aliphatic rings. The smallest absolute Gasteiger partial charge is 0.118 e. The molecule has 0 amide bonds. The van der Waals surface area contributed by atoms with E-state index in [2.05, 4.69) is 40.6 Å². The number of phenolic OH excluding ortho intramolecular Hbond substituents is 1. The molecule has 3 nitrogen and oxygen atoms in total. The standard InChI is InChI=1S/C23H18N2O/c26-23-14-20(13-22(15-23)25-21-10-5-11-24-16-21)19-9-4-8-18(12-19)17-6-2-1-3-7-17/h1-16,25-26H. The molecule has 0 saturated heterocycles. The largest absolute Gasteiger partial charge is 0.508 e. The third kappa shape index (κ3) is 3.57. The number of hydrogen-bond donors (Lipinski definition) is 2. The molecule has 1 heterocycles. The Morgan fingerprint density at radius 3 is 2.15 bits per heavy atom. The SMILES string of the molecule is Oc1cc(Nc2cccnc2)cc(-c2cccc(-c3ccccc3)c2)c1. The van der Waals surface area contributed by atoms with Gasteiger partial charge in [-0.15, -0.1) is 0 Å². The molecule has 0 saturated carbocycles. The summed E-state index contributed by atoms with van der Waals surface area (Å²) in [4.78, 5) is 4.10. The van der Waals surface area contributed by atoms with Crippen molar-refractivity contribution < 1.29 is 5.11 Å². The number of nitrogens with zero attached hydrogens (tertiary/aromatic N) is 1. The van der Waals surface area contributed by atoms with Gasteiger partial charge in [0.25, 0.3) is 0 Å². The second-order valence-electron chi connectivity index (χ2n) is 6.08. The molecule has 0 aliphatic carbocycles. The average molecular weight is 338 g/mol. The van der Waals surface area contributed by atoms with Gasteiger partial charge in [0.05, 0.1) is 11.9 Å². The average Bonchev–Trinajstić information content (AvgIpc) is 2.69. The van der Waals surface area contributed by atoms with Gasteiger partial charge in [-0.1, -0.05) is 48.5 Å². The van der Waals surface area contributed by atoms with Crippen LogP contribution in [0.3, 0.4) is 0 Å².